The molecule has 17 heavy (non-hydrogen) atoms. The zero-order valence-electron chi connectivity index (χ0n) is 9.96. The van der Waals surface area contributed by atoms with Crippen LogP contribution in [0.1, 0.15) is 25.5 Å². The highest BCUT2D eigenvalue weighted by molar-refractivity contribution is 9.11. The minimum atomic E-state index is -0.769. The number of halogens is 2. The average molecular weight is 365 g/mol. The Morgan fingerprint density at radius 2 is 1.76 bits per heavy atom. The first kappa shape index (κ1) is 14.7. The smallest absolute Gasteiger partial charge is 0.313 e. The second-order valence-corrected chi connectivity index (χ2v) is 6.23. The fourth-order valence-corrected chi connectivity index (χ4v) is 2.89. The minimum Gasteiger partial charge on any atom is -0.469 e. The summed E-state index contributed by atoms with van der Waals surface area (Å²) in [6.45, 7) is 3.55. The fraction of sp³-hybridized carbons (Fsp3) is 0.417. The van der Waals surface area contributed by atoms with Gasteiger partial charge >= 0.3 is 5.97 Å². The van der Waals surface area contributed by atoms with Crippen LogP contribution in [0, 0.1) is 5.41 Å². The molecule has 0 amide bonds. The molecule has 2 N–H and O–H groups in total. The maximum atomic E-state index is 11.7. The van der Waals surface area contributed by atoms with Gasteiger partial charge in [-0.1, -0.05) is 31.9 Å². The van der Waals surface area contributed by atoms with Crippen molar-refractivity contribution in [2.75, 3.05) is 7.11 Å². The van der Waals surface area contributed by atoms with E-state index in [2.05, 4.69) is 31.9 Å². The van der Waals surface area contributed by atoms with E-state index >= 15 is 0 Å². The third-order valence-corrected chi connectivity index (χ3v) is 3.65. The SMILES string of the molecule is COC(=O)C(C)(C)[C@@H](N)c1cc(Br)cc(Br)c1. The molecule has 0 aliphatic carbocycles. The van der Waals surface area contributed by atoms with Gasteiger partial charge in [0, 0.05) is 15.0 Å². The molecule has 0 spiro atoms. The highest BCUT2D eigenvalue weighted by atomic mass is 79.9. The van der Waals surface area contributed by atoms with Gasteiger partial charge in [0.2, 0.25) is 0 Å². The van der Waals surface area contributed by atoms with E-state index in [4.69, 9.17) is 10.5 Å². The molecule has 0 unspecified atom stereocenters. The first-order valence-corrected chi connectivity index (χ1v) is 6.67. The van der Waals surface area contributed by atoms with Crippen molar-refractivity contribution in [2.45, 2.75) is 19.9 Å². The number of carbonyl (C=O) groups is 1. The van der Waals surface area contributed by atoms with E-state index in [-0.39, 0.29) is 5.97 Å². The van der Waals surface area contributed by atoms with Crippen LogP contribution in [-0.4, -0.2) is 13.1 Å². The standard InChI is InChI=1S/C12H15Br2NO2/c1-12(2,11(16)17-3)10(15)7-4-8(13)6-9(14)5-7/h4-6,10H,15H2,1-3H3/t10-/m0/s1. The quantitative estimate of drug-likeness (QED) is 0.836. The lowest BCUT2D eigenvalue weighted by Gasteiger charge is -2.29. The van der Waals surface area contributed by atoms with Crippen molar-refractivity contribution in [3.05, 3.63) is 32.7 Å². The summed E-state index contributed by atoms with van der Waals surface area (Å²) in [5.41, 5.74) is 6.25. The molecule has 0 fully saturated rings. The number of ether oxygens (including phenoxy) is 1. The molecular formula is C12H15Br2NO2. The first-order chi connectivity index (χ1) is 7.78. The second kappa shape index (κ2) is 5.50. The summed E-state index contributed by atoms with van der Waals surface area (Å²) in [6, 6.07) is 5.30. The van der Waals surface area contributed by atoms with Gasteiger partial charge in [-0.05, 0) is 37.6 Å². The number of hydrogen-bond donors (Lipinski definition) is 1. The van der Waals surface area contributed by atoms with Gasteiger partial charge in [0.05, 0.1) is 12.5 Å². The van der Waals surface area contributed by atoms with E-state index in [1.54, 1.807) is 13.8 Å². The Balaban J connectivity index is 3.11. The van der Waals surface area contributed by atoms with Gasteiger partial charge in [-0.3, -0.25) is 4.79 Å². The Morgan fingerprint density at radius 1 is 1.29 bits per heavy atom. The third kappa shape index (κ3) is 3.30. The number of benzene rings is 1. The number of nitrogens with two attached hydrogens (primary N) is 1. The largest absolute Gasteiger partial charge is 0.469 e. The van der Waals surface area contributed by atoms with Crippen molar-refractivity contribution in [3.63, 3.8) is 0 Å². The number of rotatable bonds is 3. The van der Waals surface area contributed by atoms with Crippen LogP contribution in [0.4, 0.5) is 0 Å². The summed E-state index contributed by atoms with van der Waals surface area (Å²) < 4.78 is 6.61. The van der Waals surface area contributed by atoms with Gasteiger partial charge in [0.1, 0.15) is 0 Å². The summed E-state index contributed by atoms with van der Waals surface area (Å²) in [5.74, 6) is -0.318. The minimum absolute atomic E-state index is 0.318. The molecule has 0 bridgehead atoms. The Kier molecular flexibility index (Phi) is 4.75. The third-order valence-electron chi connectivity index (χ3n) is 2.73. The summed E-state index contributed by atoms with van der Waals surface area (Å²) in [5, 5.41) is 0. The zero-order chi connectivity index (χ0) is 13.2. The topological polar surface area (TPSA) is 52.3 Å². The van der Waals surface area contributed by atoms with E-state index in [9.17, 15) is 4.79 Å². The molecule has 5 heteroatoms. The van der Waals surface area contributed by atoms with Crippen molar-refractivity contribution >= 4 is 37.8 Å². The van der Waals surface area contributed by atoms with E-state index in [1.807, 2.05) is 18.2 Å². The molecule has 0 aliphatic heterocycles. The molecule has 94 valence electrons. The first-order valence-electron chi connectivity index (χ1n) is 5.09. The Labute approximate surface area is 118 Å². The molecule has 3 nitrogen and oxygen atoms in total. The fourth-order valence-electron chi connectivity index (χ4n) is 1.56. The summed E-state index contributed by atoms with van der Waals surface area (Å²) in [4.78, 5) is 11.7. The van der Waals surface area contributed by atoms with E-state index in [0.29, 0.717) is 0 Å². The summed E-state index contributed by atoms with van der Waals surface area (Å²) >= 11 is 6.80. The van der Waals surface area contributed by atoms with E-state index < -0.39 is 11.5 Å². The van der Waals surface area contributed by atoms with Gasteiger partial charge in [-0.15, -0.1) is 0 Å². The lowest BCUT2D eigenvalue weighted by atomic mass is 9.81. The normalized spacial score (nSPS) is 13.3. The van der Waals surface area contributed by atoms with Crippen LogP contribution in [0.5, 0.6) is 0 Å². The zero-order valence-corrected chi connectivity index (χ0v) is 13.1. The molecule has 1 rings (SSSR count). The lowest BCUT2D eigenvalue weighted by Crippen LogP contribution is -2.37. The Morgan fingerprint density at radius 3 is 2.18 bits per heavy atom. The predicted octanol–water partition coefficient (Wildman–Crippen LogP) is 3.41. The molecule has 0 aromatic heterocycles. The van der Waals surface area contributed by atoms with Crippen molar-refractivity contribution < 1.29 is 9.53 Å². The van der Waals surface area contributed by atoms with E-state index in [0.717, 1.165) is 14.5 Å². The van der Waals surface area contributed by atoms with Crippen LogP contribution in [0.25, 0.3) is 0 Å². The van der Waals surface area contributed by atoms with Crippen LogP contribution >= 0.6 is 31.9 Å². The lowest BCUT2D eigenvalue weighted by molar-refractivity contribution is -0.152. The van der Waals surface area contributed by atoms with Crippen molar-refractivity contribution in [2.24, 2.45) is 11.1 Å². The molecule has 1 aromatic carbocycles. The van der Waals surface area contributed by atoms with Crippen molar-refractivity contribution in [1.29, 1.82) is 0 Å². The molecule has 0 saturated carbocycles. The van der Waals surface area contributed by atoms with Gasteiger partial charge in [0.25, 0.3) is 0 Å². The van der Waals surface area contributed by atoms with Gasteiger partial charge in [-0.2, -0.15) is 0 Å². The number of esters is 1. The second-order valence-electron chi connectivity index (χ2n) is 4.39. The highest BCUT2D eigenvalue weighted by Gasteiger charge is 2.36. The number of hydrogen-bond acceptors (Lipinski definition) is 3. The monoisotopic (exact) mass is 363 g/mol. The number of methoxy groups -OCH3 is 1. The number of carbonyl (C=O) groups excluding carboxylic acids is 1. The van der Waals surface area contributed by atoms with Crippen LogP contribution < -0.4 is 5.73 Å². The maximum absolute atomic E-state index is 11.7. The van der Waals surface area contributed by atoms with Crippen molar-refractivity contribution in [1.82, 2.24) is 0 Å². The molecule has 1 atom stereocenters. The van der Waals surface area contributed by atoms with Crippen LogP contribution in [0.3, 0.4) is 0 Å². The van der Waals surface area contributed by atoms with Gasteiger partial charge < -0.3 is 10.5 Å². The van der Waals surface area contributed by atoms with Crippen LogP contribution in [0.15, 0.2) is 27.1 Å². The summed E-state index contributed by atoms with van der Waals surface area (Å²) in [6.07, 6.45) is 0. The molecule has 0 aliphatic rings. The predicted molar refractivity (Wildman–Crippen MR) is 74.6 cm³/mol. The maximum Gasteiger partial charge on any atom is 0.313 e. The Bertz CT molecular complexity index is 412. The Hall–Kier alpha value is -0.390. The van der Waals surface area contributed by atoms with Gasteiger partial charge in [-0.25, -0.2) is 0 Å². The molecule has 0 radical (unpaired) electrons. The molecular weight excluding hydrogens is 350 g/mol. The molecule has 0 heterocycles. The average Bonchev–Trinajstić information content (AvgIpc) is 2.25. The van der Waals surface area contributed by atoms with Crippen LogP contribution in [0.2, 0.25) is 0 Å². The molecule has 0 saturated heterocycles. The van der Waals surface area contributed by atoms with Crippen LogP contribution in [-0.2, 0) is 9.53 Å². The van der Waals surface area contributed by atoms with Crippen molar-refractivity contribution in [3.8, 4) is 0 Å². The van der Waals surface area contributed by atoms with Gasteiger partial charge in [0.15, 0.2) is 0 Å². The molecule has 1 aromatic rings. The summed E-state index contributed by atoms with van der Waals surface area (Å²) in [7, 11) is 1.37. The highest BCUT2D eigenvalue weighted by Crippen LogP contribution is 2.34. The van der Waals surface area contributed by atoms with E-state index in [1.165, 1.54) is 7.11 Å².